The van der Waals surface area contributed by atoms with Gasteiger partial charge in [0, 0.05) is 0 Å². The largest absolute Gasteiger partial charge is 0.468 e. The number of carbonyl (C=O) groups is 1. The lowest BCUT2D eigenvalue weighted by Gasteiger charge is -2.27. The summed E-state index contributed by atoms with van der Waals surface area (Å²) in [5.74, 6) is -0.0926. The van der Waals surface area contributed by atoms with E-state index in [0.29, 0.717) is 0 Å². The van der Waals surface area contributed by atoms with Crippen molar-refractivity contribution in [3.05, 3.63) is 0 Å². The van der Waals surface area contributed by atoms with Gasteiger partial charge in [-0.3, -0.25) is 9.93 Å². The summed E-state index contributed by atoms with van der Waals surface area (Å²) in [6.07, 6.45) is 0. The Labute approximate surface area is 71.8 Å². The van der Waals surface area contributed by atoms with Crippen LogP contribution >= 0.6 is 11.9 Å². The Bertz CT molecular complexity index is 149. The van der Waals surface area contributed by atoms with Crippen molar-refractivity contribution >= 4 is 17.9 Å². The van der Waals surface area contributed by atoms with E-state index in [-0.39, 0.29) is 11.9 Å². The lowest BCUT2D eigenvalue weighted by atomic mass is 9.97. The molecule has 0 spiro atoms. The fourth-order valence-electron chi connectivity index (χ4n) is 0.623. The molecular weight excluding hydrogens is 162 g/mol. The van der Waals surface area contributed by atoms with Gasteiger partial charge in [-0.25, -0.2) is 0 Å². The number of carbonyl (C=O) groups excluding carboxylic acids is 1. The first-order valence-electron chi connectivity index (χ1n) is 3.45. The third-order valence-electron chi connectivity index (χ3n) is 1.94. The number of esters is 1. The van der Waals surface area contributed by atoms with Crippen LogP contribution in [0.1, 0.15) is 20.8 Å². The highest BCUT2D eigenvalue weighted by Crippen LogP contribution is 2.29. The molecule has 0 rings (SSSR count). The van der Waals surface area contributed by atoms with Crippen molar-refractivity contribution in [2.75, 3.05) is 7.11 Å². The van der Waals surface area contributed by atoms with Crippen LogP contribution in [0.4, 0.5) is 0 Å². The van der Waals surface area contributed by atoms with Gasteiger partial charge in [0.15, 0.2) is 0 Å². The van der Waals surface area contributed by atoms with Crippen molar-refractivity contribution in [2.24, 2.45) is 11.1 Å². The molecule has 0 saturated heterocycles. The molecular formula is C7H15NO2S. The van der Waals surface area contributed by atoms with E-state index in [4.69, 9.17) is 5.14 Å². The molecule has 1 unspecified atom stereocenters. The molecule has 0 fully saturated rings. The van der Waals surface area contributed by atoms with Gasteiger partial charge in [-0.05, 0) is 12.8 Å². The van der Waals surface area contributed by atoms with Gasteiger partial charge in [-0.2, -0.15) is 0 Å². The van der Waals surface area contributed by atoms with Crippen LogP contribution in [0.15, 0.2) is 0 Å². The van der Waals surface area contributed by atoms with Crippen molar-refractivity contribution in [2.45, 2.75) is 25.5 Å². The van der Waals surface area contributed by atoms with E-state index in [1.807, 2.05) is 13.8 Å². The van der Waals surface area contributed by atoms with Crippen LogP contribution in [0.2, 0.25) is 0 Å². The van der Waals surface area contributed by atoms with Gasteiger partial charge in [-0.1, -0.05) is 25.8 Å². The fourth-order valence-corrected chi connectivity index (χ4v) is 1.07. The Kier molecular flexibility index (Phi) is 3.89. The van der Waals surface area contributed by atoms with E-state index >= 15 is 0 Å². The Balaban J connectivity index is 4.45. The van der Waals surface area contributed by atoms with Gasteiger partial charge in [0.2, 0.25) is 0 Å². The molecule has 11 heavy (non-hydrogen) atoms. The highest BCUT2D eigenvalue weighted by atomic mass is 32.2. The van der Waals surface area contributed by atoms with Crippen molar-refractivity contribution in [1.29, 1.82) is 0 Å². The van der Waals surface area contributed by atoms with Gasteiger partial charge in [0.05, 0.1) is 7.11 Å². The molecule has 0 saturated carbocycles. The zero-order valence-electron chi connectivity index (χ0n) is 7.38. The summed E-state index contributed by atoms with van der Waals surface area (Å²) < 4.78 is 4.01. The maximum Gasteiger partial charge on any atom is 0.323 e. The van der Waals surface area contributed by atoms with E-state index in [2.05, 4.69) is 4.74 Å². The minimum Gasteiger partial charge on any atom is -0.468 e. The summed E-state index contributed by atoms with van der Waals surface area (Å²) in [6, 6.07) is 0. The number of ether oxygens (including phenoxy) is 1. The number of nitrogens with two attached hydrogens (primary N) is 1. The highest BCUT2D eigenvalue weighted by Gasteiger charge is 2.37. The van der Waals surface area contributed by atoms with Crippen LogP contribution in [-0.4, -0.2) is 17.8 Å². The van der Waals surface area contributed by atoms with E-state index in [9.17, 15) is 4.79 Å². The molecule has 0 aliphatic rings. The van der Waals surface area contributed by atoms with E-state index in [1.54, 1.807) is 6.92 Å². The molecule has 4 heteroatoms. The standard InChI is InChI=1S/C7H15NO2S/c1-5(2)7(3,11-8)6(9)10-4/h5H,8H2,1-4H3. The molecule has 0 aliphatic heterocycles. The molecule has 0 aromatic rings. The van der Waals surface area contributed by atoms with Crippen LogP contribution < -0.4 is 5.14 Å². The summed E-state index contributed by atoms with van der Waals surface area (Å²) in [6.45, 7) is 5.67. The first-order valence-corrected chi connectivity index (χ1v) is 4.33. The van der Waals surface area contributed by atoms with Crippen LogP contribution in [0.3, 0.4) is 0 Å². The summed E-state index contributed by atoms with van der Waals surface area (Å²) in [5, 5.41) is 5.40. The SMILES string of the molecule is COC(=O)C(C)(SN)C(C)C. The molecule has 0 aliphatic carbocycles. The summed E-state index contributed by atoms with van der Waals surface area (Å²) in [7, 11) is 1.37. The molecule has 0 aromatic carbocycles. The predicted octanol–water partition coefficient (Wildman–Crippen LogP) is 1.18. The lowest BCUT2D eigenvalue weighted by molar-refractivity contribution is -0.144. The molecule has 66 valence electrons. The smallest absolute Gasteiger partial charge is 0.323 e. The molecule has 0 aromatic heterocycles. The van der Waals surface area contributed by atoms with Crippen LogP contribution in [0.5, 0.6) is 0 Å². The predicted molar refractivity (Wildman–Crippen MR) is 47.0 cm³/mol. The monoisotopic (exact) mass is 177 g/mol. The maximum atomic E-state index is 11.2. The lowest BCUT2D eigenvalue weighted by Crippen LogP contribution is -2.39. The van der Waals surface area contributed by atoms with Gasteiger partial charge in [0.1, 0.15) is 4.75 Å². The summed E-state index contributed by atoms with van der Waals surface area (Å²) in [5.41, 5.74) is 0. The number of methoxy groups -OCH3 is 1. The van der Waals surface area contributed by atoms with Crippen molar-refractivity contribution < 1.29 is 9.53 Å². The van der Waals surface area contributed by atoms with Crippen molar-refractivity contribution in [3.8, 4) is 0 Å². The minimum absolute atomic E-state index is 0.171. The Morgan fingerprint density at radius 2 is 2.09 bits per heavy atom. The zero-order valence-corrected chi connectivity index (χ0v) is 8.20. The van der Waals surface area contributed by atoms with Crippen molar-refractivity contribution in [3.63, 3.8) is 0 Å². The van der Waals surface area contributed by atoms with Crippen LogP contribution in [0, 0.1) is 5.92 Å². The average molecular weight is 177 g/mol. The summed E-state index contributed by atoms with van der Waals surface area (Å²) in [4.78, 5) is 11.2. The third kappa shape index (κ3) is 2.10. The number of hydrogen-bond donors (Lipinski definition) is 1. The molecule has 2 N–H and O–H groups in total. The highest BCUT2D eigenvalue weighted by molar-refractivity contribution is 7.99. The molecule has 0 radical (unpaired) electrons. The van der Waals surface area contributed by atoms with Crippen molar-refractivity contribution in [1.82, 2.24) is 0 Å². The molecule has 0 amide bonds. The second-order valence-electron chi connectivity index (χ2n) is 2.87. The van der Waals surface area contributed by atoms with Gasteiger partial charge >= 0.3 is 5.97 Å². The second kappa shape index (κ2) is 3.97. The Morgan fingerprint density at radius 1 is 1.64 bits per heavy atom. The number of rotatable bonds is 3. The molecule has 0 heterocycles. The average Bonchev–Trinajstić information content (AvgIpc) is 2.01. The Hall–Kier alpha value is -0.220. The second-order valence-corrected chi connectivity index (χ2v) is 3.95. The van der Waals surface area contributed by atoms with E-state index in [1.165, 1.54) is 7.11 Å². The minimum atomic E-state index is -0.616. The van der Waals surface area contributed by atoms with E-state index < -0.39 is 4.75 Å². The van der Waals surface area contributed by atoms with Crippen LogP contribution in [-0.2, 0) is 9.53 Å². The quantitative estimate of drug-likeness (QED) is 0.519. The fraction of sp³-hybridized carbons (Fsp3) is 0.857. The number of hydrogen-bond acceptors (Lipinski definition) is 4. The maximum absolute atomic E-state index is 11.2. The zero-order chi connectivity index (χ0) is 9.07. The molecule has 1 atom stereocenters. The van der Waals surface area contributed by atoms with Crippen LogP contribution in [0.25, 0.3) is 0 Å². The third-order valence-corrected chi connectivity index (χ3v) is 3.06. The summed E-state index contributed by atoms with van der Waals surface area (Å²) >= 11 is 1.04. The van der Waals surface area contributed by atoms with Gasteiger partial charge in [-0.15, -0.1) is 0 Å². The Morgan fingerprint density at radius 3 is 2.18 bits per heavy atom. The normalized spacial score (nSPS) is 16.2. The van der Waals surface area contributed by atoms with Gasteiger partial charge < -0.3 is 4.74 Å². The topological polar surface area (TPSA) is 52.3 Å². The first-order chi connectivity index (χ1) is 4.99. The molecule has 0 bridgehead atoms. The van der Waals surface area contributed by atoms with Gasteiger partial charge in [0.25, 0.3) is 0 Å². The first kappa shape index (κ1) is 10.8. The van der Waals surface area contributed by atoms with E-state index in [0.717, 1.165) is 11.9 Å². The molecule has 3 nitrogen and oxygen atoms in total.